The second-order valence-corrected chi connectivity index (χ2v) is 2.81. The predicted molar refractivity (Wildman–Crippen MR) is 49.1 cm³/mol. The van der Waals surface area contributed by atoms with Crippen LogP contribution in [0.4, 0.5) is 0 Å². The maximum absolute atomic E-state index is 10.7. The Labute approximate surface area is 85.8 Å². The molecule has 1 aliphatic rings. The van der Waals surface area contributed by atoms with E-state index in [1.54, 1.807) is 6.07 Å². The van der Waals surface area contributed by atoms with Gasteiger partial charge in [-0.25, -0.2) is 0 Å². The van der Waals surface area contributed by atoms with Crippen LogP contribution in [0, 0.1) is 11.3 Å². The van der Waals surface area contributed by atoms with Gasteiger partial charge in [-0.1, -0.05) is 0 Å². The zero-order valence-electron chi connectivity index (χ0n) is 7.73. The number of benzene rings is 1. The van der Waals surface area contributed by atoms with Gasteiger partial charge in [0.05, 0.1) is 5.56 Å². The summed E-state index contributed by atoms with van der Waals surface area (Å²) in [6.45, 7) is 0.0236. The Morgan fingerprint density at radius 1 is 1.47 bits per heavy atom. The Bertz CT molecular complexity index is 436. The van der Waals surface area contributed by atoms with Gasteiger partial charge in [-0.15, -0.1) is 0 Å². The zero-order valence-corrected chi connectivity index (χ0v) is 7.73. The maximum Gasteiger partial charge on any atom is 0.231 e. The SMILES string of the molecule is N#CCOc1cc2c(cc1C=O)OCO2. The molecule has 76 valence electrons. The molecule has 0 radical (unpaired) electrons. The summed E-state index contributed by atoms with van der Waals surface area (Å²) in [5.41, 5.74) is 0.342. The van der Waals surface area contributed by atoms with E-state index in [9.17, 15) is 4.79 Å². The van der Waals surface area contributed by atoms with Crippen LogP contribution in [0.15, 0.2) is 12.1 Å². The Hall–Kier alpha value is -2.22. The first-order chi connectivity index (χ1) is 7.35. The van der Waals surface area contributed by atoms with Crippen molar-refractivity contribution in [3.8, 4) is 23.3 Å². The molecule has 1 aromatic rings. The number of nitrogens with zero attached hydrogens (tertiary/aromatic N) is 1. The van der Waals surface area contributed by atoms with Gasteiger partial charge in [0.15, 0.2) is 24.4 Å². The van der Waals surface area contributed by atoms with Gasteiger partial charge in [0, 0.05) is 6.07 Å². The summed E-state index contributed by atoms with van der Waals surface area (Å²) < 4.78 is 15.3. The average molecular weight is 205 g/mol. The third-order valence-corrected chi connectivity index (χ3v) is 1.92. The lowest BCUT2D eigenvalue weighted by molar-refractivity contribution is 0.111. The number of carbonyl (C=O) groups excluding carboxylic acids is 1. The molecule has 1 aliphatic heterocycles. The van der Waals surface area contributed by atoms with Crippen LogP contribution < -0.4 is 14.2 Å². The minimum Gasteiger partial charge on any atom is -0.478 e. The van der Waals surface area contributed by atoms with Crippen LogP contribution >= 0.6 is 0 Å². The Balaban J connectivity index is 2.36. The lowest BCUT2D eigenvalue weighted by Crippen LogP contribution is -1.97. The molecule has 0 fully saturated rings. The first-order valence-corrected chi connectivity index (χ1v) is 4.23. The third-order valence-electron chi connectivity index (χ3n) is 1.92. The molecule has 0 saturated heterocycles. The normalized spacial score (nSPS) is 11.9. The first kappa shape index (κ1) is 9.34. The van der Waals surface area contributed by atoms with Crippen LogP contribution in [0.25, 0.3) is 0 Å². The molecule has 0 N–H and O–H groups in total. The van der Waals surface area contributed by atoms with E-state index in [0.717, 1.165) is 0 Å². The molecule has 2 rings (SSSR count). The molecule has 0 bridgehead atoms. The van der Waals surface area contributed by atoms with E-state index in [-0.39, 0.29) is 13.4 Å². The highest BCUT2D eigenvalue weighted by Gasteiger charge is 2.17. The van der Waals surface area contributed by atoms with Gasteiger partial charge in [0.2, 0.25) is 6.79 Å². The number of ether oxygens (including phenoxy) is 3. The van der Waals surface area contributed by atoms with Crippen LogP contribution in [0.1, 0.15) is 10.4 Å². The zero-order chi connectivity index (χ0) is 10.7. The molecule has 5 heteroatoms. The Kier molecular flexibility index (Phi) is 2.42. The minimum absolute atomic E-state index is 0.111. The fourth-order valence-corrected chi connectivity index (χ4v) is 1.27. The van der Waals surface area contributed by atoms with Crippen molar-refractivity contribution in [2.45, 2.75) is 0 Å². The predicted octanol–water partition coefficient (Wildman–Crippen LogP) is 1.13. The van der Waals surface area contributed by atoms with E-state index >= 15 is 0 Å². The van der Waals surface area contributed by atoms with Gasteiger partial charge < -0.3 is 14.2 Å². The standard InChI is InChI=1S/C10H7NO4/c11-1-2-13-8-4-10-9(14-6-15-10)3-7(8)5-12/h3-5H,2,6H2. The number of nitriles is 1. The Morgan fingerprint density at radius 2 is 2.20 bits per heavy atom. The molecule has 1 aromatic carbocycles. The van der Waals surface area contributed by atoms with Crippen molar-refractivity contribution in [2.75, 3.05) is 13.4 Å². The summed E-state index contributed by atoms with van der Waals surface area (Å²) in [7, 11) is 0. The quantitative estimate of drug-likeness (QED) is 0.692. The highest BCUT2D eigenvalue weighted by Crippen LogP contribution is 2.37. The molecule has 0 saturated carbocycles. The van der Waals surface area contributed by atoms with E-state index in [2.05, 4.69) is 0 Å². The smallest absolute Gasteiger partial charge is 0.231 e. The fraction of sp³-hybridized carbons (Fsp3) is 0.200. The summed E-state index contributed by atoms with van der Waals surface area (Å²) in [5.74, 6) is 1.37. The largest absolute Gasteiger partial charge is 0.478 e. The van der Waals surface area contributed by atoms with Crippen LogP contribution in [0.5, 0.6) is 17.2 Å². The summed E-state index contributed by atoms with van der Waals surface area (Å²) in [6.07, 6.45) is 0.647. The summed E-state index contributed by atoms with van der Waals surface area (Å²) in [5, 5.41) is 8.37. The highest BCUT2D eigenvalue weighted by atomic mass is 16.7. The molecule has 1 heterocycles. The van der Waals surface area contributed by atoms with Gasteiger partial charge in [0.25, 0.3) is 0 Å². The fourth-order valence-electron chi connectivity index (χ4n) is 1.27. The Morgan fingerprint density at radius 3 is 2.87 bits per heavy atom. The van der Waals surface area contributed by atoms with Crippen molar-refractivity contribution in [1.82, 2.24) is 0 Å². The van der Waals surface area contributed by atoms with Crippen LogP contribution in [0.2, 0.25) is 0 Å². The lowest BCUT2D eigenvalue weighted by Gasteiger charge is -2.05. The summed E-state index contributed by atoms with van der Waals surface area (Å²) in [4.78, 5) is 10.7. The first-order valence-electron chi connectivity index (χ1n) is 4.23. The molecule has 0 atom stereocenters. The van der Waals surface area contributed by atoms with Crippen LogP contribution in [-0.2, 0) is 0 Å². The topological polar surface area (TPSA) is 68.5 Å². The van der Waals surface area contributed by atoms with E-state index in [4.69, 9.17) is 19.5 Å². The van der Waals surface area contributed by atoms with E-state index in [1.165, 1.54) is 6.07 Å². The van der Waals surface area contributed by atoms with Crippen molar-refractivity contribution in [3.63, 3.8) is 0 Å². The number of rotatable bonds is 3. The average Bonchev–Trinajstić information content (AvgIpc) is 2.71. The van der Waals surface area contributed by atoms with Gasteiger partial charge in [-0.2, -0.15) is 5.26 Å². The molecular weight excluding hydrogens is 198 g/mol. The molecule has 15 heavy (non-hydrogen) atoms. The van der Waals surface area contributed by atoms with E-state index in [0.29, 0.717) is 29.1 Å². The number of carbonyl (C=O) groups is 1. The molecule has 0 aliphatic carbocycles. The van der Waals surface area contributed by atoms with Crippen molar-refractivity contribution >= 4 is 6.29 Å². The monoisotopic (exact) mass is 205 g/mol. The molecule has 0 aromatic heterocycles. The summed E-state index contributed by atoms with van der Waals surface area (Å²) in [6, 6.07) is 4.90. The van der Waals surface area contributed by atoms with Gasteiger partial charge in [0.1, 0.15) is 11.8 Å². The van der Waals surface area contributed by atoms with E-state index in [1.807, 2.05) is 6.07 Å². The second kappa shape index (κ2) is 3.88. The van der Waals surface area contributed by atoms with Gasteiger partial charge in [-0.05, 0) is 6.07 Å². The molecule has 5 nitrogen and oxygen atoms in total. The summed E-state index contributed by atoms with van der Waals surface area (Å²) >= 11 is 0. The van der Waals surface area contributed by atoms with Crippen molar-refractivity contribution in [1.29, 1.82) is 5.26 Å². The lowest BCUT2D eigenvalue weighted by atomic mass is 10.2. The van der Waals surface area contributed by atoms with Crippen molar-refractivity contribution in [2.24, 2.45) is 0 Å². The van der Waals surface area contributed by atoms with Gasteiger partial charge in [-0.3, -0.25) is 4.79 Å². The molecule has 0 amide bonds. The van der Waals surface area contributed by atoms with Crippen molar-refractivity contribution < 1.29 is 19.0 Å². The molecule has 0 spiro atoms. The van der Waals surface area contributed by atoms with Crippen LogP contribution in [-0.4, -0.2) is 19.7 Å². The van der Waals surface area contributed by atoms with Crippen molar-refractivity contribution in [3.05, 3.63) is 17.7 Å². The molecule has 0 unspecified atom stereocenters. The molecular formula is C10H7NO4. The second-order valence-electron chi connectivity index (χ2n) is 2.81. The van der Waals surface area contributed by atoms with Gasteiger partial charge >= 0.3 is 0 Å². The number of fused-ring (bicyclic) bond motifs is 1. The van der Waals surface area contributed by atoms with Crippen LogP contribution in [0.3, 0.4) is 0 Å². The maximum atomic E-state index is 10.7. The number of aldehydes is 1. The minimum atomic E-state index is -0.111. The highest BCUT2D eigenvalue weighted by molar-refractivity contribution is 5.81. The van der Waals surface area contributed by atoms with E-state index < -0.39 is 0 Å². The third kappa shape index (κ3) is 1.70. The number of hydrogen-bond donors (Lipinski definition) is 0. The number of hydrogen-bond acceptors (Lipinski definition) is 5.